The number of hydrogen-bond acceptors (Lipinski definition) is 6. The molecule has 8 nitrogen and oxygen atoms in total. The zero-order chi connectivity index (χ0) is 19.0. The molecule has 4 rings (SSSR count). The Kier molecular flexibility index (Phi) is 4.13. The molecule has 0 bridgehead atoms. The second-order valence-corrected chi connectivity index (χ2v) is 7.03. The Morgan fingerprint density at radius 3 is 2.85 bits per heavy atom. The molecule has 9 heteroatoms. The van der Waals surface area contributed by atoms with E-state index in [2.05, 4.69) is 15.3 Å². The Labute approximate surface area is 157 Å². The molecule has 2 aromatic carbocycles. The molecule has 1 N–H and O–H groups in total. The van der Waals surface area contributed by atoms with Crippen molar-refractivity contribution in [1.82, 2.24) is 14.5 Å². The fourth-order valence-corrected chi connectivity index (χ4v) is 3.62. The molecule has 0 radical (unpaired) electrons. The largest absolute Gasteiger partial charge is 0.322 e. The third-order valence-electron chi connectivity index (χ3n) is 3.97. The molecular weight excluding hydrogens is 366 g/mol. The van der Waals surface area contributed by atoms with Crippen molar-refractivity contribution in [1.29, 1.82) is 0 Å². The molecule has 1 amide bonds. The monoisotopic (exact) mass is 379 g/mol. The maximum Gasteiger partial charge on any atom is 0.294 e. The lowest BCUT2D eigenvalue weighted by molar-refractivity contribution is -0.384. The van der Waals surface area contributed by atoms with Crippen LogP contribution in [0.4, 0.5) is 11.4 Å². The summed E-state index contributed by atoms with van der Waals surface area (Å²) in [6.07, 6.45) is 4.60. The van der Waals surface area contributed by atoms with Crippen molar-refractivity contribution in [3.8, 4) is 5.69 Å². The quantitative estimate of drug-likeness (QED) is 0.427. The second-order valence-electron chi connectivity index (χ2n) is 5.80. The summed E-state index contributed by atoms with van der Waals surface area (Å²) >= 11 is 1.54. The number of aromatic nitrogens is 3. The molecule has 2 heterocycles. The molecule has 0 atom stereocenters. The van der Waals surface area contributed by atoms with E-state index in [0.29, 0.717) is 11.4 Å². The number of thiazole rings is 1. The summed E-state index contributed by atoms with van der Waals surface area (Å²) in [4.78, 5) is 31.8. The van der Waals surface area contributed by atoms with Crippen LogP contribution in [0.1, 0.15) is 15.4 Å². The molecule has 2 aromatic heterocycles. The summed E-state index contributed by atoms with van der Waals surface area (Å²) in [5.74, 6) is -0.420. The zero-order valence-electron chi connectivity index (χ0n) is 14.1. The third kappa shape index (κ3) is 3.27. The maximum atomic E-state index is 12.6. The average Bonchev–Trinajstić information content (AvgIpc) is 3.29. The van der Waals surface area contributed by atoms with Gasteiger partial charge >= 0.3 is 0 Å². The summed E-state index contributed by atoms with van der Waals surface area (Å²) in [7, 11) is 0. The number of fused-ring (bicyclic) bond motifs is 1. The van der Waals surface area contributed by atoms with Crippen molar-refractivity contribution in [2.75, 3.05) is 5.32 Å². The number of rotatable bonds is 4. The summed E-state index contributed by atoms with van der Waals surface area (Å²) < 4.78 is 2.49. The van der Waals surface area contributed by atoms with Crippen LogP contribution >= 0.6 is 11.3 Å². The number of benzene rings is 2. The van der Waals surface area contributed by atoms with Crippen LogP contribution in [0.5, 0.6) is 0 Å². The molecule has 0 saturated heterocycles. The second kappa shape index (κ2) is 6.61. The number of aryl methyl sites for hydroxylation is 1. The number of hydrogen-bond donors (Lipinski definition) is 1. The summed E-state index contributed by atoms with van der Waals surface area (Å²) in [6.45, 7) is 1.92. The first-order valence-electron chi connectivity index (χ1n) is 7.96. The van der Waals surface area contributed by atoms with E-state index >= 15 is 0 Å². The van der Waals surface area contributed by atoms with Gasteiger partial charge < -0.3 is 9.88 Å². The highest BCUT2D eigenvalue weighted by Gasteiger charge is 2.19. The topological polar surface area (TPSA) is 103 Å². The molecule has 0 spiro atoms. The number of nitro benzene ring substituents is 1. The fourth-order valence-electron chi connectivity index (χ4n) is 2.75. The van der Waals surface area contributed by atoms with Gasteiger partial charge in [-0.25, -0.2) is 9.97 Å². The molecular formula is C18H13N5O3S. The lowest BCUT2D eigenvalue weighted by Crippen LogP contribution is -2.12. The number of carbonyl (C=O) groups excluding carboxylic acids is 1. The number of carbonyl (C=O) groups is 1. The standard InChI is InChI=1S/C18H13N5O3S/c1-11-20-14-4-3-13(9-17(14)27-11)21-18(24)12-2-5-15(16(8-12)23(25)26)22-7-6-19-10-22/h2-10H,1H3,(H,21,24). The van der Waals surface area contributed by atoms with E-state index in [1.165, 1.54) is 40.6 Å². The van der Waals surface area contributed by atoms with Gasteiger partial charge in [0.15, 0.2) is 0 Å². The van der Waals surface area contributed by atoms with Crippen molar-refractivity contribution >= 4 is 38.8 Å². The van der Waals surface area contributed by atoms with Crippen LogP contribution < -0.4 is 5.32 Å². The minimum atomic E-state index is -0.516. The number of amides is 1. The highest BCUT2D eigenvalue weighted by molar-refractivity contribution is 7.18. The first kappa shape index (κ1) is 16.9. The van der Waals surface area contributed by atoms with Crippen LogP contribution in [0.3, 0.4) is 0 Å². The van der Waals surface area contributed by atoms with Gasteiger partial charge in [0.05, 0.1) is 26.5 Å². The molecule has 4 aromatic rings. The molecule has 0 unspecified atom stereocenters. The molecule has 0 saturated carbocycles. The lowest BCUT2D eigenvalue weighted by atomic mass is 10.1. The van der Waals surface area contributed by atoms with Crippen molar-refractivity contribution < 1.29 is 9.72 Å². The van der Waals surface area contributed by atoms with Gasteiger partial charge in [0.2, 0.25) is 0 Å². The van der Waals surface area contributed by atoms with Crippen LogP contribution in [0.2, 0.25) is 0 Å². The van der Waals surface area contributed by atoms with Crippen LogP contribution in [0.15, 0.2) is 55.1 Å². The number of anilines is 1. The van der Waals surface area contributed by atoms with Crippen molar-refractivity contribution in [3.63, 3.8) is 0 Å². The normalized spacial score (nSPS) is 10.9. The summed E-state index contributed by atoms with van der Waals surface area (Å²) in [5.41, 5.74) is 1.85. The predicted molar refractivity (Wildman–Crippen MR) is 103 cm³/mol. The molecule has 0 aliphatic heterocycles. The average molecular weight is 379 g/mol. The first-order valence-corrected chi connectivity index (χ1v) is 8.78. The van der Waals surface area contributed by atoms with Crippen LogP contribution in [-0.2, 0) is 0 Å². The number of imidazole rings is 1. The van der Waals surface area contributed by atoms with Crippen molar-refractivity contribution in [2.45, 2.75) is 6.92 Å². The van der Waals surface area contributed by atoms with Gasteiger partial charge in [0.25, 0.3) is 11.6 Å². The highest BCUT2D eigenvalue weighted by Crippen LogP contribution is 2.27. The predicted octanol–water partition coefficient (Wildman–Crippen LogP) is 3.95. The van der Waals surface area contributed by atoms with Gasteiger partial charge in [-0.3, -0.25) is 14.9 Å². The molecule has 0 aliphatic rings. The lowest BCUT2D eigenvalue weighted by Gasteiger charge is -2.08. The molecule has 134 valence electrons. The Bertz CT molecular complexity index is 1170. The van der Waals surface area contributed by atoms with E-state index in [1.54, 1.807) is 18.3 Å². The SMILES string of the molecule is Cc1nc2ccc(NC(=O)c3ccc(-n4ccnc4)c([N+](=O)[O-])c3)cc2s1. The van der Waals surface area contributed by atoms with E-state index in [9.17, 15) is 14.9 Å². The number of nitrogens with zero attached hydrogens (tertiary/aromatic N) is 4. The molecule has 0 aliphatic carbocycles. The Balaban J connectivity index is 1.64. The van der Waals surface area contributed by atoms with E-state index in [4.69, 9.17) is 0 Å². The number of nitro groups is 1. The highest BCUT2D eigenvalue weighted by atomic mass is 32.1. The molecule has 27 heavy (non-hydrogen) atoms. The maximum absolute atomic E-state index is 12.6. The van der Waals surface area contributed by atoms with Crippen molar-refractivity contribution in [3.05, 3.63) is 75.8 Å². The fraction of sp³-hybridized carbons (Fsp3) is 0.0556. The summed E-state index contributed by atoms with van der Waals surface area (Å²) in [5, 5.41) is 15.2. The smallest absolute Gasteiger partial charge is 0.294 e. The van der Waals surface area contributed by atoms with Crippen molar-refractivity contribution in [2.24, 2.45) is 0 Å². The van der Waals surface area contributed by atoms with Gasteiger partial charge in [-0.2, -0.15) is 0 Å². The third-order valence-corrected chi connectivity index (χ3v) is 4.90. The van der Waals surface area contributed by atoms with E-state index in [1.807, 2.05) is 19.1 Å². The Morgan fingerprint density at radius 1 is 1.26 bits per heavy atom. The minimum Gasteiger partial charge on any atom is -0.322 e. The van der Waals surface area contributed by atoms with Gasteiger partial charge in [-0.15, -0.1) is 11.3 Å². The van der Waals surface area contributed by atoms with Gasteiger partial charge in [-0.05, 0) is 37.3 Å². The number of nitrogens with one attached hydrogen (secondary N) is 1. The Morgan fingerprint density at radius 2 is 2.11 bits per heavy atom. The van der Waals surface area contributed by atoms with Crippen LogP contribution in [-0.4, -0.2) is 25.4 Å². The molecule has 0 fully saturated rings. The Hall–Kier alpha value is -3.59. The first-order chi connectivity index (χ1) is 13.0. The van der Waals surface area contributed by atoms with Gasteiger partial charge in [0.1, 0.15) is 5.69 Å². The van der Waals surface area contributed by atoms with E-state index in [-0.39, 0.29) is 11.3 Å². The van der Waals surface area contributed by atoms with E-state index < -0.39 is 10.8 Å². The van der Waals surface area contributed by atoms with Gasteiger partial charge in [-0.1, -0.05) is 0 Å². The zero-order valence-corrected chi connectivity index (χ0v) is 14.9. The van der Waals surface area contributed by atoms with Gasteiger partial charge in [0, 0.05) is 29.7 Å². The summed E-state index contributed by atoms with van der Waals surface area (Å²) in [6, 6.07) is 9.77. The van der Waals surface area contributed by atoms with E-state index in [0.717, 1.165) is 15.2 Å². The van der Waals surface area contributed by atoms with Crippen LogP contribution in [0.25, 0.3) is 15.9 Å². The van der Waals surface area contributed by atoms with Crippen LogP contribution in [0, 0.1) is 17.0 Å². The minimum absolute atomic E-state index is 0.172.